The predicted molar refractivity (Wildman–Crippen MR) is 72.6 cm³/mol. The van der Waals surface area contributed by atoms with Crippen LogP contribution in [0.3, 0.4) is 0 Å². The maximum atomic E-state index is 12.3. The molecule has 0 saturated carbocycles. The lowest BCUT2D eigenvalue weighted by molar-refractivity contribution is -0.120. The Morgan fingerprint density at radius 3 is 3.16 bits per heavy atom. The van der Waals surface area contributed by atoms with E-state index in [1.807, 2.05) is 23.1 Å². The molecule has 0 bridgehead atoms. The van der Waals surface area contributed by atoms with Gasteiger partial charge < -0.3 is 14.4 Å². The summed E-state index contributed by atoms with van der Waals surface area (Å²) >= 11 is 0. The van der Waals surface area contributed by atoms with Crippen molar-refractivity contribution in [2.75, 3.05) is 25.2 Å². The van der Waals surface area contributed by atoms with E-state index in [4.69, 9.17) is 9.47 Å². The third-order valence-corrected chi connectivity index (χ3v) is 3.91. The van der Waals surface area contributed by atoms with Crippen LogP contribution in [0.25, 0.3) is 0 Å². The molecule has 1 aromatic carbocycles. The van der Waals surface area contributed by atoms with E-state index < -0.39 is 0 Å². The Labute approximate surface area is 113 Å². The summed E-state index contributed by atoms with van der Waals surface area (Å²) in [5.41, 5.74) is 2.23. The lowest BCUT2D eigenvalue weighted by Gasteiger charge is -2.19. The second kappa shape index (κ2) is 5.21. The highest BCUT2D eigenvalue weighted by molar-refractivity contribution is 5.95. The molecular weight excluding hydrogens is 242 g/mol. The number of amides is 1. The molecule has 1 fully saturated rings. The first kappa shape index (κ1) is 12.5. The van der Waals surface area contributed by atoms with E-state index in [9.17, 15) is 4.79 Å². The smallest absolute Gasteiger partial charge is 0.229 e. The second-order valence-corrected chi connectivity index (χ2v) is 5.13. The summed E-state index contributed by atoms with van der Waals surface area (Å²) in [6.07, 6.45) is 3.62. The van der Waals surface area contributed by atoms with Crippen molar-refractivity contribution < 1.29 is 14.3 Å². The third-order valence-electron chi connectivity index (χ3n) is 3.91. The van der Waals surface area contributed by atoms with Crippen molar-refractivity contribution in [1.82, 2.24) is 0 Å². The minimum absolute atomic E-state index is 0.120. The molecule has 0 spiro atoms. The summed E-state index contributed by atoms with van der Waals surface area (Å²) in [4.78, 5) is 14.2. The SMILES string of the molecule is COc1ccc2c(c1)CCN2C(=O)CC1CCCO1. The van der Waals surface area contributed by atoms with Gasteiger partial charge in [-0.3, -0.25) is 4.79 Å². The number of anilines is 1. The summed E-state index contributed by atoms with van der Waals surface area (Å²) in [5.74, 6) is 1.03. The van der Waals surface area contributed by atoms with Crippen molar-refractivity contribution in [3.8, 4) is 5.75 Å². The van der Waals surface area contributed by atoms with E-state index in [1.54, 1.807) is 7.11 Å². The minimum atomic E-state index is 0.120. The molecule has 1 aromatic rings. The topological polar surface area (TPSA) is 38.8 Å². The lowest BCUT2D eigenvalue weighted by atomic mass is 10.1. The predicted octanol–water partition coefficient (Wildman–Crippen LogP) is 2.15. The van der Waals surface area contributed by atoms with Gasteiger partial charge >= 0.3 is 0 Å². The van der Waals surface area contributed by atoms with Gasteiger partial charge in [0.2, 0.25) is 5.91 Å². The van der Waals surface area contributed by atoms with Crippen LogP contribution in [0.15, 0.2) is 18.2 Å². The molecule has 19 heavy (non-hydrogen) atoms. The zero-order chi connectivity index (χ0) is 13.2. The van der Waals surface area contributed by atoms with Crippen LogP contribution in [0.5, 0.6) is 5.75 Å². The van der Waals surface area contributed by atoms with Crippen molar-refractivity contribution in [1.29, 1.82) is 0 Å². The van der Waals surface area contributed by atoms with E-state index in [0.29, 0.717) is 6.42 Å². The highest BCUT2D eigenvalue weighted by atomic mass is 16.5. The van der Waals surface area contributed by atoms with Gasteiger partial charge in [-0.05, 0) is 43.0 Å². The number of ether oxygens (including phenoxy) is 2. The molecular formula is C15H19NO3. The average molecular weight is 261 g/mol. The van der Waals surface area contributed by atoms with Crippen LogP contribution in [0.4, 0.5) is 5.69 Å². The van der Waals surface area contributed by atoms with Crippen LogP contribution in [-0.2, 0) is 16.0 Å². The molecule has 2 heterocycles. The van der Waals surface area contributed by atoms with E-state index in [0.717, 1.165) is 43.9 Å². The number of rotatable bonds is 3. The van der Waals surface area contributed by atoms with Gasteiger partial charge in [-0.1, -0.05) is 0 Å². The normalized spacial score (nSPS) is 21.5. The number of fused-ring (bicyclic) bond motifs is 1. The highest BCUT2D eigenvalue weighted by Crippen LogP contribution is 2.32. The number of methoxy groups -OCH3 is 1. The van der Waals surface area contributed by atoms with Crippen LogP contribution < -0.4 is 9.64 Å². The summed E-state index contributed by atoms with van der Waals surface area (Å²) in [6.45, 7) is 1.57. The summed E-state index contributed by atoms with van der Waals surface area (Å²) in [6, 6.07) is 5.92. The second-order valence-electron chi connectivity index (χ2n) is 5.13. The molecule has 4 heteroatoms. The highest BCUT2D eigenvalue weighted by Gasteiger charge is 2.28. The molecule has 1 unspecified atom stereocenters. The van der Waals surface area contributed by atoms with E-state index in [2.05, 4.69) is 0 Å². The fourth-order valence-corrected chi connectivity index (χ4v) is 2.87. The van der Waals surface area contributed by atoms with Crippen molar-refractivity contribution in [2.45, 2.75) is 31.8 Å². The molecule has 1 saturated heterocycles. The van der Waals surface area contributed by atoms with Gasteiger partial charge in [-0.15, -0.1) is 0 Å². The monoisotopic (exact) mass is 261 g/mol. The molecule has 2 aliphatic rings. The molecule has 0 N–H and O–H groups in total. The Hall–Kier alpha value is -1.55. The largest absolute Gasteiger partial charge is 0.497 e. The summed E-state index contributed by atoms with van der Waals surface area (Å²) in [5, 5.41) is 0. The van der Waals surface area contributed by atoms with Crippen LogP contribution in [-0.4, -0.2) is 32.3 Å². The molecule has 3 rings (SSSR count). The van der Waals surface area contributed by atoms with Crippen molar-refractivity contribution in [3.05, 3.63) is 23.8 Å². The number of carbonyl (C=O) groups is 1. The van der Waals surface area contributed by atoms with Gasteiger partial charge in [0.05, 0.1) is 19.6 Å². The van der Waals surface area contributed by atoms with Crippen molar-refractivity contribution in [3.63, 3.8) is 0 Å². The Morgan fingerprint density at radius 2 is 2.42 bits per heavy atom. The first-order valence-corrected chi connectivity index (χ1v) is 6.87. The van der Waals surface area contributed by atoms with Gasteiger partial charge in [-0.25, -0.2) is 0 Å². The first-order valence-electron chi connectivity index (χ1n) is 6.87. The standard InChI is InChI=1S/C15H19NO3/c1-18-12-4-5-14-11(9-12)6-7-16(14)15(17)10-13-3-2-8-19-13/h4-5,9,13H,2-3,6-8,10H2,1H3. The maximum absolute atomic E-state index is 12.3. The fourth-order valence-electron chi connectivity index (χ4n) is 2.87. The zero-order valence-corrected chi connectivity index (χ0v) is 11.2. The van der Waals surface area contributed by atoms with E-state index >= 15 is 0 Å². The molecule has 2 aliphatic heterocycles. The molecule has 1 atom stereocenters. The van der Waals surface area contributed by atoms with Crippen LogP contribution in [0.2, 0.25) is 0 Å². The molecule has 0 aliphatic carbocycles. The molecule has 102 valence electrons. The van der Waals surface area contributed by atoms with Crippen LogP contribution in [0.1, 0.15) is 24.8 Å². The summed E-state index contributed by atoms with van der Waals surface area (Å²) in [7, 11) is 1.66. The molecule has 0 aromatic heterocycles. The van der Waals surface area contributed by atoms with Crippen LogP contribution >= 0.6 is 0 Å². The maximum Gasteiger partial charge on any atom is 0.229 e. The quantitative estimate of drug-likeness (QED) is 0.837. The Bertz CT molecular complexity index is 480. The minimum Gasteiger partial charge on any atom is -0.497 e. The van der Waals surface area contributed by atoms with Gasteiger partial charge in [-0.2, -0.15) is 0 Å². The fraction of sp³-hybridized carbons (Fsp3) is 0.533. The van der Waals surface area contributed by atoms with Crippen LogP contribution in [0, 0.1) is 0 Å². The Balaban J connectivity index is 1.72. The number of benzene rings is 1. The van der Waals surface area contributed by atoms with Crippen molar-refractivity contribution >= 4 is 11.6 Å². The molecule has 0 radical (unpaired) electrons. The number of nitrogens with zero attached hydrogens (tertiary/aromatic N) is 1. The zero-order valence-electron chi connectivity index (χ0n) is 11.2. The number of hydrogen-bond acceptors (Lipinski definition) is 3. The molecule has 4 nitrogen and oxygen atoms in total. The first-order chi connectivity index (χ1) is 9.28. The van der Waals surface area contributed by atoms with Gasteiger partial charge in [0.1, 0.15) is 5.75 Å². The lowest BCUT2D eigenvalue weighted by Crippen LogP contribution is -2.31. The van der Waals surface area contributed by atoms with Gasteiger partial charge in [0.15, 0.2) is 0 Å². The number of carbonyl (C=O) groups excluding carboxylic acids is 1. The Kier molecular flexibility index (Phi) is 3.42. The van der Waals surface area contributed by atoms with Gasteiger partial charge in [0.25, 0.3) is 0 Å². The Morgan fingerprint density at radius 1 is 1.53 bits per heavy atom. The van der Waals surface area contributed by atoms with E-state index in [-0.39, 0.29) is 12.0 Å². The average Bonchev–Trinajstić information content (AvgIpc) is 3.06. The molecule has 1 amide bonds. The van der Waals surface area contributed by atoms with Crippen molar-refractivity contribution in [2.24, 2.45) is 0 Å². The van der Waals surface area contributed by atoms with Gasteiger partial charge in [0, 0.05) is 18.8 Å². The third kappa shape index (κ3) is 2.45. The summed E-state index contributed by atoms with van der Waals surface area (Å²) < 4.78 is 10.8. The van der Waals surface area contributed by atoms with E-state index in [1.165, 1.54) is 5.56 Å². The number of hydrogen-bond donors (Lipinski definition) is 0.